The third-order valence-electron chi connectivity index (χ3n) is 9.26. The van der Waals surface area contributed by atoms with E-state index in [1.807, 2.05) is 26.0 Å². The van der Waals surface area contributed by atoms with E-state index in [0.717, 1.165) is 61.3 Å². The number of fused-ring (bicyclic) bond motifs is 1. The van der Waals surface area contributed by atoms with Crippen molar-refractivity contribution in [3.63, 3.8) is 0 Å². The number of hydrogen-bond acceptors (Lipinski definition) is 8. The number of methoxy groups -OCH3 is 1. The fourth-order valence-electron chi connectivity index (χ4n) is 6.83. The fourth-order valence-corrected chi connectivity index (χ4v) is 6.83. The first-order chi connectivity index (χ1) is 20.7. The van der Waals surface area contributed by atoms with Crippen LogP contribution < -0.4 is 10.6 Å². The number of amides is 1. The van der Waals surface area contributed by atoms with Gasteiger partial charge in [0, 0.05) is 25.1 Å². The number of anilines is 1. The Morgan fingerprint density at radius 3 is 2.72 bits per heavy atom. The molecule has 2 aliphatic heterocycles. The molecule has 3 aromatic heterocycles. The number of aromatic amines is 1. The molecule has 3 N–H and O–H groups in total. The number of H-pyrrole nitrogens is 1. The number of pyridine rings is 1. The molecule has 0 radical (unpaired) electrons. The number of carbonyl (C=O) groups is 1. The second kappa shape index (κ2) is 12.0. The zero-order valence-corrected chi connectivity index (χ0v) is 25.2. The second-order valence-electron chi connectivity index (χ2n) is 12.1. The number of ether oxygens (including phenoxy) is 1. The van der Waals surface area contributed by atoms with Gasteiger partial charge in [-0.2, -0.15) is 10.2 Å². The number of likely N-dealkylation sites (N-methyl/N-ethyl adjacent to an activating group) is 1. The van der Waals surface area contributed by atoms with Gasteiger partial charge in [-0.1, -0.05) is 6.07 Å². The predicted molar refractivity (Wildman–Crippen MR) is 161 cm³/mol. The van der Waals surface area contributed by atoms with Gasteiger partial charge in [-0.25, -0.2) is 14.1 Å². The van der Waals surface area contributed by atoms with Crippen LogP contribution in [0, 0.1) is 18.7 Å². The van der Waals surface area contributed by atoms with Crippen molar-refractivity contribution in [2.45, 2.75) is 76.1 Å². The van der Waals surface area contributed by atoms with Crippen molar-refractivity contribution < 1.29 is 13.9 Å². The Labute approximate surface area is 251 Å². The lowest BCUT2D eigenvalue weighted by Gasteiger charge is -2.46. The van der Waals surface area contributed by atoms with Crippen LogP contribution in [0.4, 0.5) is 10.2 Å². The van der Waals surface area contributed by atoms with E-state index in [2.05, 4.69) is 48.9 Å². The molecule has 3 atom stereocenters. The van der Waals surface area contributed by atoms with Crippen molar-refractivity contribution in [1.29, 1.82) is 0 Å². The summed E-state index contributed by atoms with van der Waals surface area (Å²) < 4.78 is 20.7. The minimum Gasteiger partial charge on any atom is -0.368 e. The Morgan fingerprint density at radius 2 is 2.07 bits per heavy atom. The van der Waals surface area contributed by atoms with Crippen molar-refractivity contribution in [2.75, 3.05) is 26.0 Å². The number of aryl methyl sites for hydroxylation is 1. The summed E-state index contributed by atoms with van der Waals surface area (Å²) in [5, 5.41) is 17.8. The van der Waals surface area contributed by atoms with Gasteiger partial charge in [-0.15, -0.1) is 0 Å². The molecule has 0 spiro atoms. The highest BCUT2D eigenvalue weighted by atomic mass is 19.1. The Morgan fingerprint density at radius 1 is 1.26 bits per heavy atom. The van der Waals surface area contributed by atoms with Crippen molar-refractivity contribution in [2.24, 2.45) is 10.9 Å². The summed E-state index contributed by atoms with van der Waals surface area (Å²) in [6, 6.07) is 5.69. The molecular formula is C31H40FN9O2. The number of nitrogens with zero attached hydrogens (tertiary/aromatic N) is 6. The van der Waals surface area contributed by atoms with E-state index in [4.69, 9.17) is 9.73 Å². The largest absolute Gasteiger partial charge is 0.368 e. The van der Waals surface area contributed by atoms with Gasteiger partial charge in [-0.05, 0) is 95.2 Å². The molecule has 11 nitrogen and oxygen atoms in total. The number of aromatic nitrogens is 5. The number of carbonyl (C=O) groups excluding carboxylic acids is 1. The van der Waals surface area contributed by atoms with Crippen LogP contribution in [-0.2, 0) is 9.53 Å². The molecular weight excluding hydrogens is 549 g/mol. The maximum absolute atomic E-state index is 13.7. The van der Waals surface area contributed by atoms with E-state index in [1.165, 1.54) is 16.5 Å². The summed E-state index contributed by atoms with van der Waals surface area (Å²) in [5.41, 5.74) is 2.35. The van der Waals surface area contributed by atoms with E-state index < -0.39 is 11.4 Å². The minimum atomic E-state index is -0.895. The summed E-state index contributed by atoms with van der Waals surface area (Å²) in [7, 11) is 3.83. The zero-order valence-electron chi connectivity index (χ0n) is 25.2. The Hall–Kier alpha value is -3.90. The van der Waals surface area contributed by atoms with Crippen LogP contribution in [0.3, 0.4) is 0 Å². The van der Waals surface area contributed by atoms with Crippen LogP contribution in [0.5, 0.6) is 0 Å². The van der Waals surface area contributed by atoms with Crippen LogP contribution in [0.1, 0.15) is 62.7 Å². The fraction of sp³-hybridized carbons (Fsp3) is 0.516. The maximum Gasteiger partial charge on any atom is 0.252 e. The summed E-state index contributed by atoms with van der Waals surface area (Å²) in [6.45, 7) is 4.96. The first-order valence-electron chi connectivity index (χ1n) is 15.0. The number of likely N-dealkylation sites (tertiary alicyclic amines) is 1. The number of dihydropyridines is 1. The van der Waals surface area contributed by atoms with Gasteiger partial charge in [0.25, 0.3) is 5.91 Å². The van der Waals surface area contributed by atoms with Crippen molar-refractivity contribution >= 4 is 17.6 Å². The molecule has 43 heavy (non-hydrogen) atoms. The summed E-state index contributed by atoms with van der Waals surface area (Å²) in [6.07, 6.45) is 11.4. The molecule has 3 aromatic rings. The van der Waals surface area contributed by atoms with E-state index in [-0.39, 0.29) is 24.0 Å². The third kappa shape index (κ3) is 5.98. The topological polar surface area (TPSA) is 125 Å². The molecule has 12 heteroatoms. The van der Waals surface area contributed by atoms with Gasteiger partial charge in [0.1, 0.15) is 11.4 Å². The number of halogens is 1. The molecule has 6 rings (SSSR count). The number of piperidine rings is 1. The summed E-state index contributed by atoms with van der Waals surface area (Å²) in [4.78, 5) is 25.7. The molecule has 3 aliphatic rings. The normalized spacial score (nSPS) is 26.7. The van der Waals surface area contributed by atoms with Gasteiger partial charge >= 0.3 is 0 Å². The average Bonchev–Trinajstić information content (AvgIpc) is 3.64. The second-order valence-corrected chi connectivity index (χ2v) is 12.1. The monoisotopic (exact) mass is 589 g/mol. The number of rotatable bonds is 7. The van der Waals surface area contributed by atoms with E-state index in [1.54, 1.807) is 19.4 Å². The maximum atomic E-state index is 13.7. The van der Waals surface area contributed by atoms with Crippen LogP contribution in [0.25, 0.3) is 5.82 Å². The van der Waals surface area contributed by atoms with E-state index >= 15 is 0 Å². The highest BCUT2D eigenvalue weighted by Gasteiger charge is 2.47. The van der Waals surface area contributed by atoms with Crippen LogP contribution in [0.2, 0.25) is 0 Å². The number of hydrogen-bond donors (Lipinski definition) is 3. The Kier molecular flexibility index (Phi) is 8.15. The average molecular weight is 590 g/mol. The molecule has 0 aromatic carbocycles. The molecule has 2 fully saturated rings. The minimum absolute atomic E-state index is 0.0949. The Bertz CT molecular complexity index is 1500. The predicted octanol–water partition coefficient (Wildman–Crippen LogP) is 4.10. The van der Waals surface area contributed by atoms with E-state index in [0.29, 0.717) is 24.6 Å². The lowest BCUT2D eigenvalue weighted by Crippen LogP contribution is -2.54. The first kappa shape index (κ1) is 29.2. The van der Waals surface area contributed by atoms with Gasteiger partial charge in [0.05, 0.1) is 30.5 Å². The van der Waals surface area contributed by atoms with Gasteiger partial charge in [0.15, 0.2) is 17.5 Å². The molecule has 0 bridgehead atoms. The first-order valence-corrected chi connectivity index (χ1v) is 15.0. The highest BCUT2D eigenvalue weighted by Crippen LogP contribution is 2.42. The van der Waals surface area contributed by atoms with Gasteiger partial charge in [0.2, 0.25) is 0 Å². The molecule has 5 heterocycles. The van der Waals surface area contributed by atoms with Gasteiger partial charge in [-0.3, -0.25) is 19.8 Å². The quantitative estimate of drug-likeness (QED) is 0.379. The van der Waals surface area contributed by atoms with Crippen molar-refractivity contribution in [3.05, 3.63) is 65.5 Å². The molecule has 1 saturated heterocycles. The molecule has 228 valence electrons. The SMILES string of the molecule is COC1(C(=O)N[C@@H](C)c2ccc(-n3cc(F)cn3)nc2)CCC(C2N=C(Nc3cc(C)[nH]n3)C=C3CCCN(C)C32)CC1. The third-order valence-corrected chi connectivity index (χ3v) is 9.26. The number of nitrogens with one attached hydrogen (secondary N) is 3. The highest BCUT2D eigenvalue weighted by molar-refractivity contribution is 6.04. The van der Waals surface area contributed by atoms with E-state index in [9.17, 15) is 9.18 Å². The summed E-state index contributed by atoms with van der Waals surface area (Å²) >= 11 is 0. The molecule has 1 aliphatic carbocycles. The van der Waals surface area contributed by atoms with Crippen LogP contribution >= 0.6 is 0 Å². The molecule has 1 saturated carbocycles. The Balaban J connectivity index is 1.13. The zero-order chi connectivity index (χ0) is 30.1. The number of amidine groups is 1. The molecule has 1 amide bonds. The van der Waals surface area contributed by atoms with Crippen molar-refractivity contribution in [3.8, 4) is 5.82 Å². The van der Waals surface area contributed by atoms with Crippen LogP contribution in [-0.4, -0.2) is 80.0 Å². The lowest BCUT2D eigenvalue weighted by molar-refractivity contribution is -0.150. The molecule has 2 unspecified atom stereocenters. The summed E-state index contributed by atoms with van der Waals surface area (Å²) in [5.74, 6) is 1.91. The smallest absolute Gasteiger partial charge is 0.252 e. The van der Waals surface area contributed by atoms with Crippen molar-refractivity contribution in [1.82, 2.24) is 35.2 Å². The standard InChI is InChI=1S/C31H40FN9O2/c1-19-14-26(39-38-19)36-25-15-22-6-5-13-40(3)29(22)28(37-25)21-9-11-31(43-4,12-10-21)30(42)35-20(2)23-7-8-27(33-16-23)41-18-24(32)17-34-41/h7-8,14-18,20-21,28-29H,5-6,9-13H2,1-4H3,(H,35,42)(H2,36,37,38,39)/t20-,21?,28?,29?,31?/m0/s1. The lowest BCUT2D eigenvalue weighted by atomic mass is 9.71. The number of aliphatic imine (C=N–C) groups is 1. The van der Waals surface area contributed by atoms with Crippen LogP contribution in [0.15, 0.2) is 53.4 Å². The van der Waals surface area contributed by atoms with Gasteiger partial charge < -0.3 is 15.4 Å².